The summed E-state index contributed by atoms with van der Waals surface area (Å²) in [5, 5.41) is 12.7. The second-order valence-electron chi connectivity index (χ2n) is 6.89. The van der Waals surface area contributed by atoms with Gasteiger partial charge in [0.2, 0.25) is 9.84 Å². The number of halogens is 3. The molecule has 0 saturated heterocycles. The smallest absolute Gasteiger partial charge is 0.245 e. The second-order valence-corrected chi connectivity index (χ2v) is 9.01. The summed E-state index contributed by atoms with van der Waals surface area (Å²) in [7, 11) is -3.78. The molecule has 0 fully saturated rings. The molecular formula is C21H19ClF2O4S. The fourth-order valence-electron chi connectivity index (χ4n) is 3.11. The normalized spacial score (nSPS) is 16.9. The third kappa shape index (κ3) is 5.47. The van der Waals surface area contributed by atoms with Crippen LogP contribution in [0, 0.1) is 28.7 Å². The highest BCUT2D eigenvalue weighted by Gasteiger charge is 2.25. The Kier molecular flexibility index (Phi) is 6.78. The Bertz CT molecular complexity index is 1040. The van der Waals surface area contributed by atoms with Gasteiger partial charge in [-0.2, -0.15) is 0 Å². The van der Waals surface area contributed by atoms with Gasteiger partial charge in [0.15, 0.2) is 11.6 Å². The van der Waals surface area contributed by atoms with Gasteiger partial charge in [-0.05, 0) is 61.6 Å². The zero-order valence-corrected chi connectivity index (χ0v) is 16.9. The van der Waals surface area contributed by atoms with E-state index in [1.807, 2.05) is 0 Å². The topological polar surface area (TPSA) is 63.6 Å². The Morgan fingerprint density at radius 2 is 1.86 bits per heavy atom. The molecule has 29 heavy (non-hydrogen) atoms. The molecule has 1 aliphatic heterocycles. The average molecular weight is 441 g/mol. The Hall–Kier alpha value is -2.14. The summed E-state index contributed by atoms with van der Waals surface area (Å²) in [5.74, 6) is 1.29. The minimum Gasteiger partial charge on any atom is -0.490 e. The first-order valence-corrected chi connectivity index (χ1v) is 10.9. The first-order valence-electron chi connectivity index (χ1n) is 9.04. The molecule has 1 heterocycles. The van der Waals surface area contributed by atoms with Crippen LogP contribution < -0.4 is 4.74 Å². The highest BCUT2D eigenvalue weighted by molar-refractivity contribution is 7.96. The highest BCUT2D eigenvalue weighted by Crippen LogP contribution is 2.33. The van der Waals surface area contributed by atoms with Crippen LogP contribution in [-0.2, 0) is 16.3 Å². The first-order chi connectivity index (χ1) is 13.8. The molecule has 1 N–H and O–H groups in total. The van der Waals surface area contributed by atoms with Gasteiger partial charge in [-0.25, -0.2) is 17.2 Å². The van der Waals surface area contributed by atoms with Crippen LogP contribution in [0.15, 0.2) is 41.3 Å². The number of rotatable bonds is 5. The lowest BCUT2D eigenvalue weighted by atomic mass is 9.91. The molecule has 2 aromatic carbocycles. The summed E-state index contributed by atoms with van der Waals surface area (Å²) in [6, 6.07) is 7.77. The van der Waals surface area contributed by atoms with Gasteiger partial charge in [0.1, 0.15) is 5.82 Å². The Labute approximate surface area is 173 Å². The molecular weight excluding hydrogens is 422 g/mol. The molecule has 0 aromatic heterocycles. The van der Waals surface area contributed by atoms with E-state index in [2.05, 4.69) is 11.2 Å². The summed E-state index contributed by atoms with van der Waals surface area (Å²) in [4.78, 5) is 0.0381. The number of fused-ring (bicyclic) bond motifs is 1. The number of ether oxygens (including phenoxy) is 1. The van der Waals surface area contributed by atoms with E-state index in [4.69, 9.17) is 16.3 Å². The largest absolute Gasteiger partial charge is 0.490 e. The number of benzene rings is 2. The van der Waals surface area contributed by atoms with Crippen LogP contribution in [0.5, 0.6) is 5.75 Å². The fraction of sp³-hybridized carbons (Fsp3) is 0.333. The van der Waals surface area contributed by atoms with Gasteiger partial charge < -0.3 is 9.84 Å². The van der Waals surface area contributed by atoms with Crippen molar-refractivity contribution in [3.8, 4) is 16.9 Å². The van der Waals surface area contributed by atoms with Crippen molar-refractivity contribution in [2.45, 2.75) is 36.7 Å². The van der Waals surface area contributed by atoms with Crippen LogP contribution >= 0.6 is 11.6 Å². The summed E-state index contributed by atoms with van der Waals surface area (Å²) < 4.78 is 57.2. The van der Waals surface area contributed by atoms with Crippen molar-refractivity contribution < 1.29 is 27.0 Å². The van der Waals surface area contributed by atoms with Crippen molar-refractivity contribution >= 4 is 21.4 Å². The maximum Gasteiger partial charge on any atom is 0.245 e. The highest BCUT2D eigenvalue weighted by atomic mass is 35.5. The number of hydrogen-bond donors (Lipinski definition) is 1. The summed E-state index contributed by atoms with van der Waals surface area (Å²) in [5.41, 5.74) is 0.213. The molecule has 8 heteroatoms. The molecule has 2 atom stereocenters. The van der Waals surface area contributed by atoms with E-state index in [-0.39, 0.29) is 35.2 Å². The van der Waals surface area contributed by atoms with Crippen LogP contribution in [0.3, 0.4) is 0 Å². The molecule has 2 aromatic rings. The lowest BCUT2D eigenvalue weighted by Gasteiger charge is -2.26. The maximum atomic E-state index is 13.9. The Morgan fingerprint density at radius 3 is 2.59 bits per heavy atom. The SMILES string of the molecule is O=S(=O)(C#CC[C@H](O)CC[C@H]1COc2c(F)ccc(F)c2C1)c1ccc(Cl)cc1. The number of aliphatic hydroxyl groups is 1. The fourth-order valence-corrected chi connectivity index (χ4v) is 4.12. The van der Waals surface area contributed by atoms with E-state index < -0.39 is 27.6 Å². The van der Waals surface area contributed by atoms with Crippen molar-refractivity contribution in [1.82, 2.24) is 0 Å². The van der Waals surface area contributed by atoms with Crippen LogP contribution in [0.2, 0.25) is 5.02 Å². The van der Waals surface area contributed by atoms with E-state index in [1.165, 1.54) is 24.3 Å². The van der Waals surface area contributed by atoms with Crippen LogP contribution in [0.4, 0.5) is 8.78 Å². The lowest BCUT2D eigenvalue weighted by Crippen LogP contribution is -2.24. The number of hydrogen-bond acceptors (Lipinski definition) is 4. The van der Waals surface area contributed by atoms with Gasteiger partial charge >= 0.3 is 0 Å². The van der Waals surface area contributed by atoms with Gasteiger partial charge in [0, 0.05) is 22.3 Å². The molecule has 0 aliphatic carbocycles. The maximum absolute atomic E-state index is 13.9. The van der Waals surface area contributed by atoms with Crippen molar-refractivity contribution in [2.24, 2.45) is 5.92 Å². The standard InChI is InChI=1S/C21H19ClF2O4S/c22-15-4-7-17(8-5-15)29(26,27)11-1-2-16(25)6-3-14-12-18-19(23)9-10-20(24)21(18)28-13-14/h4-5,7-10,14,16,25H,2-3,6,12-13H2/t14-,16+/m1/s1. The molecule has 3 rings (SSSR count). The molecule has 0 radical (unpaired) electrons. The van der Waals surface area contributed by atoms with Gasteiger partial charge in [-0.15, -0.1) is 0 Å². The van der Waals surface area contributed by atoms with E-state index in [9.17, 15) is 22.3 Å². The minimum atomic E-state index is -3.78. The minimum absolute atomic E-state index is 0.0139. The summed E-state index contributed by atoms with van der Waals surface area (Å²) in [6.45, 7) is 0.233. The van der Waals surface area contributed by atoms with Gasteiger partial charge in [-0.3, -0.25) is 0 Å². The molecule has 0 saturated carbocycles. The Balaban J connectivity index is 1.52. The van der Waals surface area contributed by atoms with E-state index in [0.717, 1.165) is 12.1 Å². The predicted octanol–water partition coefficient (Wildman–Crippen LogP) is 4.14. The van der Waals surface area contributed by atoms with E-state index >= 15 is 0 Å². The third-order valence-electron chi connectivity index (χ3n) is 4.69. The zero-order valence-electron chi connectivity index (χ0n) is 15.4. The molecule has 0 unspecified atom stereocenters. The van der Waals surface area contributed by atoms with Crippen molar-refractivity contribution in [2.75, 3.05) is 6.61 Å². The van der Waals surface area contributed by atoms with Crippen LogP contribution in [0.25, 0.3) is 0 Å². The van der Waals surface area contributed by atoms with Gasteiger partial charge in [0.05, 0.1) is 17.6 Å². The van der Waals surface area contributed by atoms with Crippen LogP contribution in [-0.4, -0.2) is 26.2 Å². The molecule has 0 bridgehead atoms. The molecule has 0 spiro atoms. The molecule has 4 nitrogen and oxygen atoms in total. The monoisotopic (exact) mass is 440 g/mol. The number of aliphatic hydroxyl groups excluding tert-OH is 1. The van der Waals surface area contributed by atoms with Crippen molar-refractivity contribution in [3.05, 3.63) is 58.6 Å². The van der Waals surface area contributed by atoms with Crippen LogP contribution in [0.1, 0.15) is 24.8 Å². The molecule has 0 amide bonds. The van der Waals surface area contributed by atoms with Crippen molar-refractivity contribution in [3.63, 3.8) is 0 Å². The summed E-state index contributed by atoms with van der Waals surface area (Å²) in [6.07, 6.45) is 0.335. The van der Waals surface area contributed by atoms with Crippen molar-refractivity contribution in [1.29, 1.82) is 0 Å². The third-order valence-corrected chi connectivity index (χ3v) is 6.25. The van der Waals surface area contributed by atoms with Gasteiger partial charge in [-0.1, -0.05) is 17.5 Å². The Morgan fingerprint density at radius 1 is 1.17 bits per heavy atom. The van der Waals surface area contributed by atoms with Gasteiger partial charge in [0.25, 0.3) is 0 Å². The lowest BCUT2D eigenvalue weighted by molar-refractivity contribution is 0.141. The quantitative estimate of drug-likeness (QED) is 0.560. The van der Waals surface area contributed by atoms with E-state index in [1.54, 1.807) is 0 Å². The predicted molar refractivity (Wildman–Crippen MR) is 105 cm³/mol. The van der Waals surface area contributed by atoms with E-state index in [0.29, 0.717) is 24.3 Å². The second kappa shape index (κ2) is 9.12. The first kappa shape index (κ1) is 21.6. The molecule has 1 aliphatic rings. The number of sulfone groups is 1. The summed E-state index contributed by atoms with van der Waals surface area (Å²) >= 11 is 5.74. The molecule has 154 valence electrons. The average Bonchev–Trinajstić information content (AvgIpc) is 2.69. The zero-order chi connectivity index (χ0) is 21.0.